The molecule has 8 nitrogen and oxygen atoms in total. The summed E-state index contributed by atoms with van der Waals surface area (Å²) in [6.45, 7) is 1.78. The van der Waals surface area contributed by atoms with Crippen LogP contribution in [0.15, 0.2) is 53.7 Å². The molecule has 0 aliphatic rings. The maximum absolute atomic E-state index is 13.0. The van der Waals surface area contributed by atoms with Crippen LogP contribution in [-0.4, -0.2) is 37.3 Å². The lowest BCUT2D eigenvalue weighted by Gasteiger charge is -2.13. The van der Waals surface area contributed by atoms with E-state index in [2.05, 4.69) is 25.8 Å². The van der Waals surface area contributed by atoms with E-state index in [1.54, 1.807) is 18.5 Å². The van der Waals surface area contributed by atoms with Crippen molar-refractivity contribution >= 4 is 50.3 Å². The number of benzene rings is 2. The van der Waals surface area contributed by atoms with E-state index in [4.69, 9.17) is 0 Å². The summed E-state index contributed by atoms with van der Waals surface area (Å²) in [6, 6.07) is 12.5. The predicted octanol–water partition coefficient (Wildman–Crippen LogP) is 3.79. The van der Waals surface area contributed by atoms with Gasteiger partial charge < -0.3 is 15.2 Å². The molecular formula is C21H19FN6O2S2. The summed E-state index contributed by atoms with van der Waals surface area (Å²) in [6.07, 6.45) is 0. The van der Waals surface area contributed by atoms with Crippen molar-refractivity contribution < 1.29 is 14.0 Å². The van der Waals surface area contributed by atoms with Crippen molar-refractivity contribution in [2.24, 2.45) is 7.05 Å². The lowest BCUT2D eigenvalue weighted by Crippen LogP contribution is -2.28. The molecular weight excluding hydrogens is 451 g/mol. The molecule has 0 aliphatic heterocycles. The molecule has 0 saturated carbocycles. The maximum atomic E-state index is 13.0. The van der Waals surface area contributed by atoms with Crippen LogP contribution in [0.4, 0.5) is 9.52 Å². The van der Waals surface area contributed by atoms with Crippen molar-refractivity contribution in [1.29, 1.82) is 0 Å². The SMILES string of the molecule is C[C@H](NC(=O)c1ccc(F)cc1)c1nnc(SCC(=O)Nc2nc3ccccc3s2)n1C. The summed E-state index contributed by atoms with van der Waals surface area (Å²) in [5.41, 5.74) is 1.19. The predicted molar refractivity (Wildman–Crippen MR) is 122 cm³/mol. The lowest BCUT2D eigenvalue weighted by molar-refractivity contribution is -0.113. The van der Waals surface area contributed by atoms with E-state index in [0.29, 0.717) is 21.7 Å². The second kappa shape index (κ2) is 9.45. The number of thioether (sulfide) groups is 1. The standard InChI is InChI=1S/C21H19FN6O2S2/c1-12(23-19(30)13-7-9-14(22)10-8-13)18-26-27-21(28(18)2)31-11-17(29)25-20-24-15-5-3-4-6-16(15)32-20/h3-10,12H,11H2,1-2H3,(H,23,30)(H,24,25,29)/t12-/m0/s1. The van der Waals surface area contributed by atoms with Crippen molar-refractivity contribution in [2.75, 3.05) is 11.1 Å². The van der Waals surface area contributed by atoms with Gasteiger partial charge in [0.2, 0.25) is 5.91 Å². The molecule has 2 amide bonds. The highest BCUT2D eigenvalue weighted by Crippen LogP contribution is 2.26. The zero-order valence-electron chi connectivity index (χ0n) is 17.2. The van der Waals surface area contributed by atoms with Crippen LogP contribution in [-0.2, 0) is 11.8 Å². The third kappa shape index (κ3) is 4.94. The minimum Gasteiger partial charge on any atom is -0.342 e. The molecule has 2 N–H and O–H groups in total. The smallest absolute Gasteiger partial charge is 0.251 e. The van der Waals surface area contributed by atoms with Gasteiger partial charge in [-0.3, -0.25) is 9.59 Å². The zero-order valence-corrected chi connectivity index (χ0v) is 18.8. The molecule has 2 heterocycles. The molecule has 164 valence electrons. The monoisotopic (exact) mass is 470 g/mol. The van der Waals surface area contributed by atoms with E-state index >= 15 is 0 Å². The minimum absolute atomic E-state index is 0.137. The number of halogens is 1. The molecule has 4 rings (SSSR count). The maximum Gasteiger partial charge on any atom is 0.251 e. The Labute approximate surface area is 191 Å². The quantitative estimate of drug-likeness (QED) is 0.399. The van der Waals surface area contributed by atoms with Crippen molar-refractivity contribution in [3.63, 3.8) is 0 Å². The van der Waals surface area contributed by atoms with E-state index in [1.165, 1.54) is 47.4 Å². The van der Waals surface area contributed by atoms with Crippen molar-refractivity contribution in [3.05, 3.63) is 65.7 Å². The topological polar surface area (TPSA) is 102 Å². The number of thiazole rings is 1. The Kier molecular flexibility index (Phi) is 6.47. The fraction of sp³-hybridized carbons (Fsp3) is 0.190. The van der Waals surface area contributed by atoms with Gasteiger partial charge >= 0.3 is 0 Å². The molecule has 0 radical (unpaired) electrons. The van der Waals surface area contributed by atoms with Crippen LogP contribution in [0.1, 0.15) is 29.1 Å². The van der Waals surface area contributed by atoms with Gasteiger partial charge in [-0.1, -0.05) is 35.2 Å². The summed E-state index contributed by atoms with van der Waals surface area (Å²) < 4.78 is 15.8. The number of hydrogen-bond acceptors (Lipinski definition) is 7. The van der Waals surface area contributed by atoms with E-state index in [1.807, 2.05) is 24.3 Å². The van der Waals surface area contributed by atoms with E-state index in [-0.39, 0.29) is 17.6 Å². The second-order valence-electron chi connectivity index (χ2n) is 6.93. The Balaban J connectivity index is 1.34. The summed E-state index contributed by atoms with van der Waals surface area (Å²) in [5.74, 6) is -0.273. The highest BCUT2D eigenvalue weighted by molar-refractivity contribution is 7.99. The van der Waals surface area contributed by atoms with Crippen LogP contribution < -0.4 is 10.6 Å². The molecule has 4 aromatic rings. The van der Waals surface area contributed by atoms with Gasteiger partial charge in [-0.2, -0.15) is 0 Å². The number of para-hydroxylation sites is 1. The molecule has 0 bridgehead atoms. The number of aromatic nitrogens is 4. The van der Waals surface area contributed by atoms with Crippen LogP contribution in [0.2, 0.25) is 0 Å². The van der Waals surface area contributed by atoms with Gasteiger partial charge in [0.05, 0.1) is 22.0 Å². The molecule has 1 atom stereocenters. The summed E-state index contributed by atoms with van der Waals surface area (Å²) in [4.78, 5) is 29.1. The highest BCUT2D eigenvalue weighted by Gasteiger charge is 2.19. The first-order chi connectivity index (χ1) is 15.4. The molecule has 0 saturated heterocycles. The first-order valence-electron chi connectivity index (χ1n) is 9.64. The van der Waals surface area contributed by atoms with E-state index in [9.17, 15) is 14.0 Å². The van der Waals surface area contributed by atoms with E-state index in [0.717, 1.165) is 10.2 Å². The Morgan fingerprint density at radius 2 is 1.91 bits per heavy atom. The molecule has 0 unspecified atom stereocenters. The first-order valence-corrected chi connectivity index (χ1v) is 11.4. The number of rotatable bonds is 7. The fourth-order valence-corrected chi connectivity index (χ4v) is 4.59. The van der Waals surface area contributed by atoms with Gasteiger partial charge in [0.1, 0.15) is 5.82 Å². The number of anilines is 1. The van der Waals surface area contributed by atoms with Crippen LogP contribution in [0.25, 0.3) is 10.2 Å². The van der Waals surface area contributed by atoms with E-state index < -0.39 is 11.9 Å². The number of fused-ring (bicyclic) bond motifs is 1. The van der Waals surface area contributed by atoms with Crippen molar-refractivity contribution in [2.45, 2.75) is 18.1 Å². The van der Waals surface area contributed by atoms with Gasteiger partial charge in [-0.15, -0.1) is 10.2 Å². The molecule has 11 heteroatoms. The largest absolute Gasteiger partial charge is 0.342 e. The molecule has 2 aromatic heterocycles. The average Bonchev–Trinajstić information content (AvgIpc) is 3.35. The van der Waals surface area contributed by atoms with Crippen molar-refractivity contribution in [3.8, 4) is 0 Å². The third-order valence-electron chi connectivity index (χ3n) is 4.58. The fourth-order valence-electron chi connectivity index (χ4n) is 2.99. The highest BCUT2D eigenvalue weighted by atomic mass is 32.2. The van der Waals surface area contributed by atoms with Gasteiger partial charge in [-0.25, -0.2) is 9.37 Å². The Bertz CT molecular complexity index is 1240. The number of amides is 2. The Morgan fingerprint density at radius 1 is 1.16 bits per heavy atom. The molecule has 0 spiro atoms. The number of hydrogen-bond donors (Lipinski definition) is 2. The number of nitrogens with zero attached hydrogens (tertiary/aromatic N) is 4. The van der Waals surface area contributed by atoms with Gasteiger partial charge in [0.25, 0.3) is 5.91 Å². The number of nitrogens with one attached hydrogen (secondary N) is 2. The molecule has 0 fully saturated rings. The Hall–Kier alpha value is -3.31. The minimum atomic E-state index is -0.434. The Morgan fingerprint density at radius 3 is 2.66 bits per heavy atom. The van der Waals surface area contributed by atoms with Crippen LogP contribution in [0.3, 0.4) is 0 Å². The lowest BCUT2D eigenvalue weighted by atomic mass is 10.2. The van der Waals surface area contributed by atoms with Crippen LogP contribution in [0.5, 0.6) is 0 Å². The summed E-state index contributed by atoms with van der Waals surface area (Å²) in [7, 11) is 1.77. The molecule has 0 aliphatic carbocycles. The van der Waals surface area contributed by atoms with Crippen LogP contribution >= 0.6 is 23.1 Å². The van der Waals surface area contributed by atoms with Crippen molar-refractivity contribution in [1.82, 2.24) is 25.1 Å². The first kappa shape index (κ1) is 21.9. The second-order valence-corrected chi connectivity index (χ2v) is 8.90. The molecule has 2 aromatic carbocycles. The van der Waals surface area contributed by atoms with Gasteiger partial charge in [0, 0.05) is 12.6 Å². The van der Waals surface area contributed by atoms with Gasteiger partial charge in [-0.05, 0) is 43.3 Å². The summed E-state index contributed by atoms with van der Waals surface area (Å²) in [5, 5.41) is 15.0. The number of carbonyl (C=O) groups excluding carboxylic acids is 2. The van der Waals surface area contributed by atoms with Crippen LogP contribution in [0, 0.1) is 5.82 Å². The summed E-state index contributed by atoms with van der Waals surface area (Å²) >= 11 is 2.65. The molecule has 32 heavy (non-hydrogen) atoms. The zero-order chi connectivity index (χ0) is 22.7. The average molecular weight is 471 g/mol. The van der Waals surface area contributed by atoms with Gasteiger partial charge in [0.15, 0.2) is 16.1 Å². The normalized spacial score (nSPS) is 12.0. The third-order valence-corrected chi connectivity index (χ3v) is 6.55. The number of carbonyl (C=O) groups is 2.